The fraction of sp³-hybridized carbons (Fsp3) is 0.474. The van der Waals surface area contributed by atoms with Crippen molar-refractivity contribution in [1.29, 1.82) is 0 Å². The summed E-state index contributed by atoms with van der Waals surface area (Å²) in [5.41, 5.74) is -1.08. The molecular weight excluding hydrogens is 354 g/mol. The molecule has 27 heavy (non-hydrogen) atoms. The zero-order valence-electron chi connectivity index (χ0n) is 15.6. The molecular formula is C19H23NO7. The van der Waals surface area contributed by atoms with Crippen LogP contribution >= 0.6 is 0 Å². The number of anilines is 1. The van der Waals surface area contributed by atoms with E-state index in [1.54, 1.807) is 19.1 Å². The fourth-order valence-electron chi connectivity index (χ4n) is 3.01. The Kier molecular flexibility index (Phi) is 4.98. The smallest absolute Gasteiger partial charge is 0.360 e. The molecule has 1 aliphatic heterocycles. The van der Waals surface area contributed by atoms with Crippen LogP contribution in [0.2, 0.25) is 0 Å². The van der Waals surface area contributed by atoms with Crippen LogP contribution in [-0.4, -0.2) is 40.2 Å². The van der Waals surface area contributed by atoms with Gasteiger partial charge >= 0.3 is 5.63 Å². The largest absolute Gasteiger partial charge is 0.462 e. The zero-order valence-corrected chi connectivity index (χ0v) is 15.6. The summed E-state index contributed by atoms with van der Waals surface area (Å²) in [6.45, 7) is 6.71. The number of fused-ring (bicyclic) bond motifs is 1. The van der Waals surface area contributed by atoms with Crippen LogP contribution in [0.5, 0.6) is 5.75 Å². The molecule has 0 bridgehead atoms. The number of rotatable bonds is 3. The number of nitrogens with one attached hydrogen (secondary N) is 1. The Labute approximate surface area is 155 Å². The van der Waals surface area contributed by atoms with Gasteiger partial charge in [-0.2, -0.15) is 0 Å². The predicted molar refractivity (Wildman–Crippen MR) is 97.5 cm³/mol. The number of ether oxygens (including phenoxy) is 2. The summed E-state index contributed by atoms with van der Waals surface area (Å²) in [5.74, 6) is -0.353. The molecule has 1 aromatic heterocycles. The van der Waals surface area contributed by atoms with Crippen LogP contribution in [0.4, 0.5) is 5.69 Å². The minimum atomic E-state index is -1.22. The molecule has 8 heteroatoms. The van der Waals surface area contributed by atoms with Gasteiger partial charge in [-0.15, -0.1) is 0 Å². The standard InChI is InChI=1S/C19H23NO7/c1-9-15(22)16(23)18(27-19(9,3)4)25-12-6-5-11-7-13(20-10(2)21)17(24)26-14(11)8-12/h5-9,15-16,18,22-23H,1-4H3,(H,20,21)/t9-,15+,16?,18-/m1/s1. The third kappa shape index (κ3) is 3.83. The molecule has 0 aliphatic carbocycles. The zero-order chi connectivity index (χ0) is 19.9. The van der Waals surface area contributed by atoms with Crippen LogP contribution in [0, 0.1) is 5.92 Å². The molecule has 2 aromatic rings. The van der Waals surface area contributed by atoms with Crippen molar-refractivity contribution < 1.29 is 28.9 Å². The lowest BCUT2D eigenvalue weighted by atomic mass is 9.82. The molecule has 1 saturated heterocycles. The normalized spacial score (nSPS) is 27.3. The molecule has 1 unspecified atom stereocenters. The Morgan fingerprint density at radius 1 is 1.22 bits per heavy atom. The SMILES string of the molecule is CC(=O)Nc1cc2ccc(O[C@@H]3OC(C)(C)[C@H](C)[C@H](O)C3O)cc2oc1=O. The number of hydrogen-bond donors (Lipinski definition) is 3. The van der Waals surface area contributed by atoms with Crippen molar-refractivity contribution in [1.82, 2.24) is 0 Å². The van der Waals surface area contributed by atoms with E-state index in [0.29, 0.717) is 11.1 Å². The highest BCUT2D eigenvalue weighted by Crippen LogP contribution is 2.35. The summed E-state index contributed by atoms with van der Waals surface area (Å²) in [6, 6.07) is 6.26. The topological polar surface area (TPSA) is 118 Å². The van der Waals surface area contributed by atoms with Gasteiger partial charge in [-0.3, -0.25) is 4.79 Å². The van der Waals surface area contributed by atoms with Crippen molar-refractivity contribution in [2.75, 3.05) is 5.32 Å². The molecule has 1 amide bonds. The highest BCUT2D eigenvalue weighted by molar-refractivity contribution is 5.91. The first-order valence-corrected chi connectivity index (χ1v) is 8.64. The van der Waals surface area contributed by atoms with Gasteiger partial charge in [0, 0.05) is 24.3 Å². The van der Waals surface area contributed by atoms with Gasteiger partial charge in [-0.1, -0.05) is 6.92 Å². The van der Waals surface area contributed by atoms with Gasteiger partial charge in [0.2, 0.25) is 12.2 Å². The lowest BCUT2D eigenvalue weighted by Gasteiger charge is -2.46. The third-order valence-corrected chi connectivity index (χ3v) is 4.93. The second-order valence-corrected chi connectivity index (χ2v) is 7.31. The maximum atomic E-state index is 12.0. The Morgan fingerprint density at radius 3 is 2.59 bits per heavy atom. The van der Waals surface area contributed by atoms with Crippen LogP contribution < -0.4 is 15.7 Å². The number of hydrogen-bond acceptors (Lipinski definition) is 7. The van der Waals surface area contributed by atoms with Gasteiger partial charge in [0.05, 0.1) is 11.7 Å². The number of carbonyl (C=O) groups excluding carboxylic acids is 1. The summed E-state index contributed by atoms with van der Waals surface area (Å²) >= 11 is 0. The van der Waals surface area contributed by atoms with E-state index in [2.05, 4.69) is 5.32 Å². The number of carbonyl (C=O) groups is 1. The Bertz CT molecular complexity index is 920. The molecule has 0 saturated carbocycles. The molecule has 3 N–H and O–H groups in total. The van der Waals surface area contributed by atoms with E-state index in [-0.39, 0.29) is 23.1 Å². The van der Waals surface area contributed by atoms with Crippen LogP contribution in [0.25, 0.3) is 11.0 Å². The number of aliphatic hydroxyl groups excluding tert-OH is 2. The van der Waals surface area contributed by atoms with Crippen molar-refractivity contribution >= 4 is 22.6 Å². The van der Waals surface area contributed by atoms with Crippen LogP contribution in [0.15, 0.2) is 33.5 Å². The van der Waals surface area contributed by atoms with E-state index in [0.717, 1.165) is 0 Å². The maximum Gasteiger partial charge on any atom is 0.360 e. The molecule has 146 valence electrons. The maximum absolute atomic E-state index is 12.0. The first kappa shape index (κ1) is 19.3. The molecule has 2 heterocycles. The summed E-state index contributed by atoms with van der Waals surface area (Å²) in [4.78, 5) is 23.1. The molecule has 8 nitrogen and oxygen atoms in total. The Balaban J connectivity index is 1.87. The minimum Gasteiger partial charge on any atom is -0.462 e. The van der Waals surface area contributed by atoms with Crippen molar-refractivity contribution in [2.24, 2.45) is 5.92 Å². The second-order valence-electron chi connectivity index (χ2n) is 7.31. The molecule has 0 radical (unpaired) electrons. The summed E-state index contributed by atoms with van der Waals surface area (Å²) < 4.78 is 16.7. The molecule has 4 atom stereocenters. The molecule has 1 fully saturated rings. The van der Waals surface area contributed by atoms with Gasteiger partial charge in [-0.05, 0) is 32.0 Å². The number of aliphatic hydroxyl groups is 2. The third-order valence-electron chi connectivity index (χ3n) is 4.93. The van der Waals surface area contributed by atoms with Gasteiger partial charge in [0.1, 0.15) is 23.1 Å². The van der Waals surface area contributed by atoms with E-state index in [9.17, 15) is 19.8 Å². The highest BCUT2D eigenvalue weighted by Gasteiger charge is 2.47. The molecule has 1 aromatic carbocycles. The predicted octanol–water partition coefficient (Wildman–Crippen LogP) is 1.62. The molecule has 1 aliphatic rings. The van der Waals surface area contributed by atoms with Crippen LogP contribution in [0.3, 0.4) is 0 Å². The lowest BCUT2D eigenvalue weighted by molar-refractivity contribution is -0.284. The van der Waals surface area contributed by atoms with Gasteiger partial charge in [0.25, 0.3) is 0 Å². The van der Waals surface area contributed by atoms with Gasteiger partial charge in [0.15, 0.2) is 0 Å². The second kappa shape index (κ2) is 6.95. The van der Waals surface area contributed by atoms with E-state index in [1.165, 1.54) is 19.1 Å². The molecule has 3 rings (SSSR count). The van der Waals surface area contributed by atoms with Crippen molar-refractivity contribution in [2.45, 2.75) is 51.8 Å². The van der Waals surface area contributed by atoms with Crippen molar-refractivity contribution in [3.63, 3.8) is 0 Å². The quantitative estimate of drug-likeness (QED) is 0.696. The average molecular weight is 377 g/mol. The number of amides is 1. The average Bonchev–Trinajstić information content (AvgIpc) is 2.58. The highest BCUT2D eigenvalue weighted by atomic mass is 16.7. The van der Waals surface area contributed by atoms with Crippen LogP contribution in [-0.2, 0) is 9.53 Å². The minimum absolute atomic E-state index is 0.0496. The molecule has 0 spiro atoms. The first-order valence-electron chi connectivity index (χ1n) is 8.64. The summed E-state index contributed by atoms with van der Waals surface area (Å²) in [6.07, 6.45) is -3.30. The number of benzene rings is 1. The van der Waals surface area contributed by atoms with Crippen LogP contribution in [0.1, 0.15) is 27.7 Å². The van der Waals surface area contributed by atoms with E-state index in [1.807, 2.05) is 13.8 Å². The van der Waals surface area contributed by atoms with E-state index in [4.69, 9.17) is 13.9 Å². The van der Waals surface area contributed by atoms with E-state index < -0.39 is 29.7 Å². The summed E-state index contributed by atoms with van der Waals surface area (Å²) in [7, 11) is 0. The summed E-state index contributed by atoms with van der Waals surface area (Å²) in [5, 5.41) is 23.5. The first-order chi connectivity index (χ1) is 12.6. The van der Waals surface area contributed by atoms with E-state index >= 15 is 0 Å². The lowest BCUT2D eigenvalue weighted by Crippen LogP contribution is -2.59. The van der Waals surface area contributed by atoms with Gasteiger partial charge in [-0.25, -0.2) is 4.79 Å². The Morgan fingerprint density at radius 2 is 1.93 bits per heavy atom. The van der Waals surface area contributed by atoms with Crippen molar-refractivity contribution in [3.8, 4) is 5.75 Å². The monoisotopic (exact) mass is 377 g/mol. The van der Waals surface area contributed by atoms with Gasteiger partial charge < -0.3 is 29.4 Å². The van der Waals surface area contributed by atoms with Crippen molar-refractivity contribution in [3.05, 3.63) is 34.7 Å². The Hall–Kier alpha value is -2.42. The fourth-order valence-corrected chi connectivity index (χ4v) is 3.01.